The van der Waals surface area contributed by atoms with Gasteiger partial charge in [-0.3, -0.25) is 14.6 Å². The van der Waals surface area contributed by atoms with Crippen molar-refractivity contribution in [2.45, 2.75) is 71.1 Å². The second-order valence-corrected chi connectivity index (χ2v) is 10.3. The van der Waals surface area contributed by atoms with Gasteiger partial charge in [0.15, 0.2) is 0 Å². The monoisotopic (exact) mass is 398 g/mol. The molecule has 29 heavy (non-hydrogen) atoms. The molecule has 2 N–H and O–H groups in total. The van der Waals surface area contributed by atoms with E-state index in [2.05, 4.69) is 20.2 Å². The van der Waals surface area contributed by atoms with Crippen molar-refractivity contribution in [1.29, 1.82) is 0 Å². The average molecular weight is 399 g/mol. The Balaban J connectivity index is 1.17. The van der Waals surface area contributed by atoms with Gasteiger partial charge in [0, 0.05) is 25.2 Å². The fourth-order valence-electron chi connectivity index (χ4n) is 7.17. The largest absolute Gasteiger partial charge is 0.356 e. The number of aryl methyl sites for hydroxylation is 1. The summed E-state index contributed by atoms with van der Waals surface area (Å²) in [6.45, 7) is 4.45. The maximum atomic E-state index is 12.6. The summed E-state index contributed by atoms with van der Waals surface area (Å²) in [4.78, 5) is 34.7. The van der Waals surface area contributed by atoms with Gasteiger partial charge in [0.1, 0.15) is 0 Å². The number of H-pyrrole nitrogens is 1. The van der Waals surface area contributed by atoms with E-state index in [-0.39, 0.29) is 17.9 Å². The lowest BCUT2D eigenvalue weighted by Gasteiger charge is -2.57. The molecule has 2 heterocycles. The van der Waals surface area contributed by atoms with Crippen molar-refractivity contribution >= 4 is 11.9 Å². The number of hydrogen-bond acceptors (Lipinski definition) is 4. The molecule has 6 heteroatoms. The number of rotatable bonds is 6. The average Bonchev–Trinajstić information content (AvgIpc) is 3.18. The van der Waals surface area contributed by atoms with Crippen molar-refractivity contribution in [2.75, 3.05) is 24.5 Å². The summed E-state index contributed by atoms with van der Waals surface area (Å²) in [5.74, 6) is 3.42. The van der Waals surface area contributed by atoms with Gasteiger partial charge < -0.3 is 10.2 Å². The summed E-state index contributed by atoms with van der Waals surface area (Å²) in [6.07, 6.45) is 12.0. The Labute approximate surface area is 172 Å². The second-order valence-electron chi connectivity index (χ2n) is 10.3. The fourth-order valence-corrected chi connectivity index (χ4v) is 7.17. The molecule has 0 spiro atoms. The van der Waals surface area contributed by atoms with Crippen LogP contribution < -0.4 is 15.8 Å². The van der Waals surface area contributed by atoms with Crippen LogP contribution in [0, 0.1) is 30.1 Å². The molecule has 1 saturated heterocycles. The van der Waals surface area contributed by atoms with E-state index in [4.69, 9.17) is 0 Å². The molecule has 0 atom stereocenters. The first-order valence-electron chi connectivity index (χ1n) is 11.6. The summed E-state index contributed by atoms with van der Waals surface area (Å²) < 4.78 is 0. The second kappa shape index (κ2) is 7.44. The van der Waals surface area contributed by atoms with Crippen LogP contribution in [-0.2, 0) is 11.2 Å². The molecule has 5 aliphatic rings. The Morgan fingerprint density at radius 1 is 1.14 bits per heavy atom. The molecule has 0 radical (unpaired) electrons. The van der Waals surface area contributed by atoms with Gasteiger partial charge >= 0.3 is 0 Å². The highest BCUT2D eigenvalue weighted by molar-refractivity contribution is 5.78. The topological polar surface area (TPSA) is 78.1 Å². The number of carbonyl (C=O) groups excluding carboxylic acids is 1. The van der Waals surface area contributed by atoms with E-state index in [1.54, 1.807) is 0 Å². The van der Waals surface area contributed by atoms with E-state index >= 15 is 0 Å². The van der Waals surface area contributed by atoms with Crippen LogP contribution >= 0.6 is 0 Å². The third-order valence-corrected chi connectivity index (χ3v) is 8.10. The van der Waals surface area contributed by atoms with E-state index in [9.17, 15) is 9.59 Å². The minimum Gasteiger partial charge on any atom is -0.356 e. The zero-order chi connectivity index (χ0) is 20.0. The third-order valence-electron chi connectivity index (χ3n) is 8.10. The SMILES string of the molecule is Cc1nc(N2CCCC2)[nH]c(=O)c1CC(=O)NCCC12CC3CC(CC(C3)C1)C2. The Kier molecular flexibility index (Phi) is 4.91. The van der Waals surface area contributed by atoms with Crippen LogP contribution in [0.1, 0.15) is 69.0 Å². The first-order valence-corrected chi connectivity index (χ1v) is 11.6. The first-order chi connectivity index (χ1) is 14.0. The van der Waals surface area contributed by atoms with Crippen LogP contribution in [0.2, 0.25) is 0 Å². The van der Waals surface area contributed by atoms with Crippen molar-refractivity contribution in [3.63, 3.8) is 0 Å². The zero-order valence-corrected chi connectivity index (χ0v) is 17.6. The van der Waals surface area contributed by atoms with Crippen molar-refractivity contribution in [3.05, 3.63) is 21.6 Å². The molecule has 1 aromatic heterocycles. The smallest absolute Gasteiger partial charge is 0.256 e. The molecule has 6 nitrogen and oxygen atoms in total. The van der Waals surface area contributed by atoms with Gasteiger partial charge in [0.25, 0.3) is 5.56 Å². The summed E-state index contributed by atoms with van der Waals surface area (Å²) in [6, 6.07) is 0. The molecular formula is C23H34N4O2. The van der Waals surface area contributed by atoms with Gasteiger partial charge in [0.05, 0.1) is 12.1 Å². The van der Waals surface area contributed by atoms with Crippen LogP contribution in [0.4, 0.5) is 5.95 Å². The Bertz CT molecular complexity index is 804. The highest BCUT2D eigenvalue weighted by Crippen LogP contribution is 2.61. The highest BCUT2D eigenvalue weighted by atomic mass is 16.2. The van der Waals surface area contributed by atoms with Gasteiger partial charge in [-0.2, -0.15) is 0 Å². The number of aromatic amines is 1. The summed E-state index contributed by atoms with van der Waals surface area (Å²) in [5, 5.41) is 3.10. The maximum absolute atomic E-state index is 12.6. The van der Waals surface area contributed by atoms with Gasteiger partial charge in [-0.15, -0.1) is 0 Å². The summed E-state index contributed by atoms with van der Waals surface area (Å²) in [5.41, 5.74) is 1.48. The maximum Gasteiger partial charge on any atom is 0.256 e. The number of nitrogens with one attached hydrogen (secondary N) is 2. The number of carbonyl (C=O) groups is 1. The quantitative estimate of drug-likeness (QED) is 0.772. The molecule has 5 fully saturated rings. The van der Waals surface area contributed by atoms with Gasteiger partial charge in [-0.05, 0) is 87.9 Å². The minimum absolute atomic E-state index is 0.0564. The number of amides is 1. The highest BCUT2D eigenvalue weighted by Gasteiger charge is 2.50. The zero-order valence-electron chi connectivity index (χ0n) is 17.6. The lowest BCUT2D eigenvalue weighted by atomic mass is 9.49. The third kappa shape index (κ3) is 3.82. The fraction of sp³-hybridized carbons (Fsp3) is 0.783. The summed E-state index contributed by atoms with van der Waals surface area (Å²) in [7, 11) is 0. The standard InChI is InChI=1S/C23H34N4O2/c1-15-19(21(29)26-22(25-15)27-6-2-3-7-27)11-20(28)24-5-4-23-12-16-8-17(13-23)10-18(9-16)14-23/h16-18H,2-14H2,1H3,(H,24,28)(H,25,26,29). The molecule has 1 aromatic rings. The number of hydrogen-bond donors (Lipinski definition) is 2. The van der Waals surface area contributed by atoms with E-state index in [1.165, 1.54) is 38.5 Å². The minimum atomic E-state index is -0.171. The first kappa shape index (κ1) is 19.1. The lowest BCUT2D eigenvalue weighted by molar-refractivity contribution is -0.120. The molecule has 4 aliphatic carbocycles. The molecule has 158 valence electrons. The van der Waals surface area contributed by atoms with E-state index < -0.39 is 0 Å². The van der Waals surface area contributed by atoms with E-state index in [1.807, 2.05) is 6.92 Å². The van der Waals surface area contributed by atoms with Crippen LogP contribution in [0.3, 0.4) is 0 Å². The molecular weight excluding hydrogens is 364 g/mol. The van der Waals surface area contributed by atoms with Crippen molar-refractivity contribution in [2.24, 2.45) is 23.2 Å². The van der Waals surface area contributed by atoms with Gasteiger partial charge in [-0.1, -0.05) is 0 Å². The predicted octanol–water partition coefficient (Wildman–Crippen LogP) is 2.94. The van der Waals surface area contributed by atoms with Crippen LogP contribution in [0.15, 0.2) is 4.79 Å². The molecule has 4 bridgehead atoms. The predicted molar refractivity (Wildman–Crippen MR) is 113 cm³/mol. The van der Waals surface area contributed by atoms with Crippen molar-refractivity contribution < 1.29 is 4.79 Å². The molecule has 0 unspecified atom stereocenters. The number of nitrogens with zero attached hydrogens (tertiary/aromatic N) is 2. The Hall–Kier alpha value is -1.85. The Morgan fingerprint density at radius 2 is 1.76 bits per heavy atom. The molecule has 4 saturated carbocycles. The van der Waals surface area contributed by atoms with Crippen molar-refractivity contribution in [3.8, 4) is 0 Å². The molecule has 1 aliphatic heterocycles. The van der Waals surface area contributed by atoms with Crippen LogP contribution in [0.5, 0.6) is 0 Å². The number of anilines is 1. The van der Waals surface area contributed by atoms with Gasteiger partial charge in [0.2, 0.25) is 11.9 Å². The van der Waals surface area contributed by atoms with E-state index in [0.29, 0.717) is 22.6 Å². The van der Waals surface area contributed by atoms with Gasteiger partial charge in [-0.25, -0.2) is 4.98 Å². The normalized spacial score (nSPS) is 32.7. The van der Waals surface area contributed by atoms with Crippen molar-refractivity contribution in [1.82, 2.24) is 15.3 Å². The van der Waals surface area contributed by atoms with Crippen LogP contribution in [0.25, 0.3) is 0 Å². The molecule has 1 amide bonds. The lowest BCUT2D eigenvalue weighted by Crippen LogP contribution is -2.47. The molecule has 0 aromatic carbocycles. The van der Waals surface area contributed by atoms with E-state index in [0.717, 1.165) is 56.7 Å². The molecule has 6 rings (SSSR count). The number of aromatic nitrogens is 2. The Morgan fingerprint density at radius 3 is 2.34 bits per heavy atom. The summed E-state index contributed by atoms with van der Waals surface area (Å²) >= 11 is 0. The van der Waals surface area contributed by atoms with Crippen LogP contribution in [-0.4, -0.2) is 35.5 Å².